The SMILES string of the molecule is Cc1ccc(Cl)cc1Nc1nccc(C#N)c1Cl. The van der Waals surface area contributed by atoms with Gasteiger partial charge >= 0.3 is 0 Å². The van der Waals surface area contributed by atoms with E-state index < -0.39 is 0 Å². The minimum absolute atomic E-state index is 0.305. The van der Waals surface area contributed by atoms with Gasteiger partial charge in [-0.2, -0.15) is 5.26 Å². The van der Waals surface area contributed by atoms with E-state index in [1.807, 2.05) is 25.1 Å². The Hall–Kier alpha value is -1.76. The van der Waals surface area contributed by atoms with Crippen LogP contribution in [0.1, 0.15) is 11.1 Å². The highest BCUT2D eigenvalue weighted by Gasteiger charge is 2.08. The molecule has 3 nitrogen and oxygen atoms in total. The van der Waals surface area contributed by atoms with Crippen LogP contribution in [0.5, 0.6) is 0 Å². The average Bonchev–Trinajstić information content (AvgIpc) is 2.36. The van der Waals surface area contributed by atoms with Crippen molar-refractivity contribution in [1.29, 1.82) is 5.26 Å². The number of anilines is 2. The van der Waals surface area contributed by atoms with Crippen LogP contribution in [-0.2, 0) is 0 Å². The van der Waals surface area contributed by atoms with Gasteiger partial charge in [0.05, 0.1) is 5.56 Å². The molecule has 0 aliphatic heterocycles. The topological polar surface area (TPSA) is 48.7 Å². The van der Waals surface area contributed by atoms with E-state index in [9.17, 15) is 0 Å². The molecule has 18 heavy (non-hydrogen) atoms. The lowest BCUT2D eigenvalue weighted by Gasteiger charge is -2.10. The van der Waals surface area contributed by atoms with Gasteiger partial charge in [-0.05, 0) is 30.7 Å². The summed E-state index contributed by atoms with van der Waals surface area (Å²) in [5.41, 5.74) is 2.21. The summed E-state index contributed by atoms with van der Waals surface area (Å²) in [7, 11) is 0. The first-order valence-corrected chi connectivity index (χ1v) is 5.95. The van der Waals surface area contributed by atoms with E-state index >= 15 is 0 Å². The number of nitrogens with one attached hydrogen (secondary N) is 1. The standard InChI is InChI=1S/C13H9Cl2N3/c1-8-2-3-10(14)6-11(8)18-13-12(15)9(7-16)4-5-17-13/h2-6H,1H3,(H,17,18). The molecule has 1 N–H and O–H groups in total. The minimum Gasteiger partial charge on any atom is -0.339 e. The predicted octanol–water partition coefficient (Wildman–Crippen LogP) is 4.31. The molecule has 0 saturated heterocycles. The molecule has 0 spiro atoms. The van der Waals surface area contributed by atoms with Crippen LogP contribution < -0.4 is 5.32 Å². The fourth-order valence-electron chi connectivity index (χ4n) is 1.47. The third kappa shape index (κ3) is 2.56. The second kappa shape index (κ2) is 5.26. The van der Waals surface area contributed by atoms with E-state index in [4.69, 9.17) is 28.5 Å². The maximum Gasteiger partial charge on any atom is 0.150 e. The number of benzene rings is 1. The Morgan fingerprint density at radius 2 is 2.06 bits per heavy atom. The Labute approximate surface area is 115 Å². The Bertz CT molecular complexity index is 633. The fraction of sp³-hybridized carbons (Fsp3) is 0.0769. The van der Waals surface area contributed by atoms with Gasteiger partial charge in [0, 0.05) is 16.9 Å². The minimum atomic E-state index is 0.305. The molecule has 2 rings (SSSR count). The molecule has 5 heteroatoms. The van der Waals surface area contributed by atoms with Gasteiger partial charge in [-0.25, -0.2) is 4.98 Å². The second-order valence-electron chi connectivity index (χ2n) is 3.72. The molecule has 0 aliphatic rings. The maximum atomic E-state index is 8.90. The zero-order valence-electron chi connectivity index (χ0n) is 9.54. The third-order valence-corrected chi connectivity index (χ3v) is 3.08. The molecule has 0 aliphatic carbocycles. The van der Waals surface area contributed by atoms with E-state index in [2.05, 4.69) is 10.3 Å². The lowest BCUT2D eigenvalue weighted by molar-refractivity contribution is 1.28. The van der Waals surface area contributed by atoms with Crippen molar-refractivity contribution >= 4 is 34.7 Å². The van der Waals surface area contributed by atoms with Crippen LogP contribution in [0.25, 0.3) is 0 Å². The van der Waals surface area contributed by atoms with Crippen molar-refractivity contribution in [3.05, 3.63) is 51.6 Å². The number of hydrogen-bond donors (Lipinski definition) is 1. The zero-order chi connectivity index (χ0) is 13.1. The third-order valence-electron chi connectivity index (χ3n) is 2.46. The molecular formula is C13H9Cl2N3. The smallest absolute Gasteiger partial charge is 0.150 e. The summed E-state index contributed by atoms with van der Waals surface area (Å²) in [5.74, 6) is 0.445. The summed E-state index contributed by atoms with van der Waals surface area (Å²) < 4.78 is 0. The molecule has 1 aromatic heterocycles. The van der Waals surface area contributed by atoms with Crippen molar-refractivity contribution in [3.8, 4) is 6.07 Å². The molecule has 1 aromatic carbocycles. The van der Waals surface area contributed by atoms with E-state index in [0.29, 0.717) is 21.4 Å². The molecular weight excluding hydrogens is 269 g/mol. The van der Waals surface area contributed by atoms with Gasteiger partial charge in [-0.1, -0.05) is 29.3 Å². The van der Waals surface area contributed by atoms with E-state index in [1.165, 1.54) is 6.20 Å². The van der Waals surface area contributed by atoms with Gasteiger partial charge in [0.2, 0.25) is 0 Å². The molecule has 0 bridgehead atoms. The molecule has 90 valence electrons. The first-order chi connectivity index (χ1) is 8.61. The summed E-state index contributed by atoms with van der Waals surface area (Å²) in [4.78, 5) is 4.12. The van der Waals surface area contributed by atoms with Gasteiger partial charge in [-0.3, -0.25) is 0 Å². The molecule has 1 heterocycles. The van der Waals surface area contributed by atoms with E-state index in [0.717, 1.165) is 11.3 Å². The van der Waals surface area contributed by atoms with Crippen molar-refractivity contribution in [1.82, 2.24) is 4.98 Å². The number of halogens is 2. The van der Waals surface area contributed by atoms with Crippen LogP contribution in [0.2, 0.25) is 10.0 Å². The summed E-state index contributed by atoms with van der Waals surface area (Å²) in [6.45, 7) is 1.95. The number of pyridine rings is 1. The quantitative estimate of drug-likeness (QED) is 0.890. The summed E-state index contributed by atoms with van der Waals surface area (Å²) in [6.07, 6.45) is 1.53. The summed E-state index contributed by atoms with van der Waals surface area (Å²) in [6, 6.07) is 9.07. The Balaban J connectivity index is 2.41. The maximum absolute atomic E-state index is 8.90. The van der Waals surface area contributed by atoms with Gasteiger partial charge in [0.25, 0.3) is 0 Å². The van der Waals surface area contributed by atoms with Crippen LogP contribution in [-0.4, -0.2) is 4.98 Å². The normalized spacial score (nSPS) is 9.89. The molecule has 2 aromatic rings. The zero-order valence-corrected chi connectivity index (χ0v) is 11.0. The number of nitrogens with zero attached hydrogens (tertiary/aromatic N) is 2. The summed E-state index contributed by atoms with van der Waals surface area (Å²) in [5, 5.41) is 12.9. The molecule has 0 amide bonds. The Morgan fingerprint density at radius 3 is 2.78 bits per heavy atom. The number of hydrogen-bond acceptors (Lipinski definition) is 3. The van der Waals surface area contributed by atoms with Crippen molar-refractivity contribution in [2.24, 2.45) is 0 Å². The lowest BCUT2D eigenvalue weighted by atomic mass is 10.2. The Morgan fingerprint density at radius 1 is 1.28 bits per heavy atom. The van der Waals surface area contributed by atoms with Gasteiger partial charge in [0.15, 0.2) is 5.82 Å². The molecule has 0 saturated carbocycles. The first-order valence-electron chi connectivity index (χ1n) is 5.19. The highest BCUT2D eigenvalue weighted by molar-refractivity contribution is 6.34. The van der Waals surface area contributed by atoms with Gasteiger partial charge in [-0.15, -0.1) is 0 Å². The summed E-state index contributed by atoms with van der Waals surface area (Å²) >= 11 is 12.0. The number of rotatable bonds is 2. The molecule has 0 radical (unpaired) electrons. The van der Waals surface area contributed by atoms with Crippen molar-refractivity contribution < 1.29 is 0 Å². The number of aromatic nitrogens is 1. The molecule has 0 atom stereocenters. The highest BCUT2D eigenvalue weighted by atomic mass is 35.5. The van der Waals surface area contributed by atoms with E-state index in [1.54, 1.807) is 12.1 Å². The van der Waals surface area contributed by atoms with Crippen molar-refractivity contribution in [3.63, 3.8) is 0 Å². The highest BCUT2D eigenvalue weighted by Crippen LogP contribution is 2.28. The Kier molecular flexibility index (Phi) is 3.71. The lowest BCUT2D eigenvalue weighted by Crippen LogP contribution is -1.97. The molecule has 0 unspecified atom stereocenters. The van der Waals surface area contributed by atoms with Crippen LogP contribution >= 0.6 is 23.2 Å². The fourth-order valence-corrected chi connectivity index (χ4v) is 1.85. The van der Waals surface area contributed by atoms with Crippen molar-refractivity contribution in [2.45, 2.75) is 6.92 Å². The second-order valence-corrected chi connectivity index (χ2v) is 4.53. The van der Waals surface area contributed by atoms with Crippen LogP contribution in [0.3, 0.4) is 0 Å². The van der Waals surface area contributed by atoms with Crippen LogP contribution in [0, 0.1) is 18.3 Å². The van der Waals surface area contributed by atoms with Gasteiger partial charge < -0.3 is 5.32 Å². The largest absolute Gasteiger partial charge is 0.339 e. The van der Waals surface area contributed by atoms with Gasteiger partial charge in [0.1, 0.15) is 11.1 Å². The number of aryl methyl sites for hydroxylation is 1. The van der Waals surface area contributed by atoms with Crippen LogP contribution in [0.4, 0.5) is 11.5 Å². The van der Waals surface area contributed by atoms with Crippen LogP contribution in [0.15, 0.2) is 30.5 Å². The average molecular weight is 278 g/mol. The monoisotopic (exact) mass is 277 g/mol. The molecule has 0 fully saturated rings. The van der Waals surface area contributed by atoms with Crippen molar-refractivity contribution in [2.75, 3.05) is 5.32 Å². The van der Waals surface area contributed by atoms with E-state index in [-0.39, 0.29) is 0 Å². The predicted molar refractivity (Wildman–Crippen MR) is 73.4 cm³/mol. The first kappa shape index (κ1) is 12.7. The number of nitriles is 1.